The van der Waals surface area contributed by atoms with Crippen molar-refractivity contribution < 1.29 is 14.4 Å². The molecule has 1 aromatic carbocycles. The van der Waals surface area contributed by atoms with E-state index < -0.39 is 35.1 Å². The monoisotopic (exact) mass is 432 g/mol. The van der Waals surface area contributed by atoms with Gasteiger partial charge in [0.15, 0.2) is 0 Å². The van der Waals surface area contributed by atoms with Gasteiger partial charge in [0.2, 0.25) is 5.78 Å². The Morgan fingerprint density at radius 3 is 2.48 bits per heavy atom. The molecule has 0 radical (unpaired) electrons. The van der Waals surface area contributed by atoms with Crippen LogP contribution in [0.3, 0.4) is 0 Å². The van der Waals surface area contributed by atoms with Crippen molar-refractivity contribution in [3.8, 4) is 11.1 Å². The second-order valence-electron chi connectivity index (χ2n) is 7.55. The Balaban J connectivity index is 2.09. The fourth-order valence-corrected chi connectivity index (χ4v) is 4.66. The van der Waals surface area contributed by atoms with E-state index in [1.165, 1.54) is 15.7 Å². The molecule has 0 saturated carbocycles. The molecule has 1 aromatic heterocycles. The maximum absolute atomic E-state index is 13.0. The number of carbonyl (C=O) groups excluding carboxylic acids is 3. The van der Waals surface area contributed by atoms with Crippen LogP contribution < -0.4 is 10.5 Å². The number of anilines is 1. The molecule has 4 rings (SSSR count). The molecule has 6 nitrogen and oxygen atoms in total. The normalized spacial score (nSPS) is 20.0. The molecular weight excluding hydrogens is 415 g/mol. The van der Waals surface area contributed by atoms with E-state index in [-0.39, 0.29) is 10.8 Å². The topological polar surface area (TPSA) is 76.5 Å². The van der Waals surface area contributed by atoms with Gasteiger partial charge in [0.1, 0.15) is 16.7 Å². The van der Waals surface area contributed by atoms with Crippen LogP contribution in [0.1, 0.15) is 32.4 Å². The maximum atomic E-state index is 13.0. The smallest absolute Gasteiger partial charge is 0.295 e. The number of halogens is 2. The number of Topliss-reactive ketones (excluding diaryl/α,β-unsaturated/α-hetero) is 2. The zero-order valence-electron chi connectivity index (χ0n) is 16.0. The molecule has 2 aromatic rings. The zero-order valence-corrected chi connectivity index (χ0v) is 17.5. The van der Waals surface area contributed by atoms with Gasteiger partial charge in [-0.15, -0.1) is 0 Å². The molecule has 0 bridgehead atoms. The summed E-state index contributed by atoms with van der Waals surface area (Å²) in [6.07, 6.45) is 1.52. The van der Waals surface area contributed by atoms with E-state index in [4.69, 9.17) is 23.2 Å². The summed E-state index contributed by atoms with van der Waals surface area (Å²) in [6, 6.07) is 4.18. The van der Waals surface area contributed by atoms with Crippen LogP contribution in [0.4, 0.5) is 5.69 Å². The molecule has 0 N–H and O–H groups in total. The Bertz CT molecular complexity index is 1150. The summed E-state index contributed by atoms with van der Waals surface area (Å²) < 4.78 is 1.38. The van der Waals surface area contributed by atoms with Gasteiger partial charge >= 0.3 is 0 Å². The summed E-state index contributed by atoms with van der Waals surface area (Å²) in [5.74, 6) is -3.34. The van der Waals surface area contributed by atoms with Gasteiger partial charge in [-0.05, 0) is 30.2 Å². The fourth-order valence-electron chi connectivity index (χ4n) is 4.19. The van der Waals surface area contributed by atoms with Crippen LogP contribution >= 0.6 is 23.2 Å². The molecule has 2 unspecified atom stereocenters. The number of benzene rings is 1. The lowest BCUT2D eigenvalue weighted by molar-refractivity contribution is -0.139. The van der Waals surface area contributed by atoms with Gasteiger partial charge in [-0.1, -0.05) is 43.1 Å². The van der Waals surface area contributed by atoms with E-state index in [9.17, 15) is 19.2 Å². The van der Waals surface area contributed by atoms with Crippen LogP contribution in [-0.2, 0) is 20.9 Å². The molecule has 1 fully saturated rings. The van der Waals surface area contributed by atoms with Crippen LogP contribution in [0.15, 0.2) is 29.2 Å². The second-order valence-corrected chi connectivity index (χ2v) is 8.36. The summed E-state index contributed by atoms with van der Waals surface area (Å²) in [4.78, 5) is 52.7. The number of aromatic nitrogens is 1. The van der Waals surface area contributed by atoms with E-state index in [0.717, 1.165) is 0 Å². The molecule has 1 saturated heterocycles. The van der Waals surface area contributed by atoms with Crippen molar-refractivity contribution in [1.82, 2.24) is 4.57 Å². The van der Waals surface area contributed by atoms with E-state index in [0.29, 0.717) is 33.9 Å². The summed E-state index contributed by atoms with van der Waals surface area (Å²) >= 11 is 12.6. The first-order valence-electron chi connectivity index (χ1n) is 9.32. The number of carbonyl (C=O) groups is 3. The lowest BCUT2D eigenvalue weighted by atomic mass is 9.80. The highest BCUT2D eigenvalue weighted by Crippen LogP contribution is 2.53. The number of nitrogens with zero attached hydrogens (tertiary/aromatic N) is 2. The van der Waals surface area contributed by atoms with E-state index >= 15 is 0 Å². The van der Waals surface area contributed by atoms with Crippen molar-refractivity contribution in [2.24, 2.45) is 11.8 Å². The molecule has 150 valence electrons. The third-order valence-electron chi connectivity index (χ3n) is 5.59. The van der Waals surface area contributed by atoms with Crippen LogP contribution in [0.25, 0.3) is 11.1 Å². The number of rotatable bonds is 3. The van der Waals surface area contributed by atoms with Crippen molar-refractivity contribution >= 4 is 46.4 Å². The number of fused-ring (bicyclic) bond motifs is 6. The van der Waals surface area contributed by atoms with E-state index in [1.54, 1.807) is 39.0 Å². The van der Waals surface area contributed by atoms with E-state index in [1.807, 2.05) is 0 Å². The molecular formula is C21H18Cl2N2O4. The van der Waals surface area contributed by atoms with Crippen LogP contribution in [-0.4, -0.2) is 22.0 Å². The van der Waals surface area contributed by atoms with Crippen LogP contribution in [0.2, 0.25) is 10.0 Å². The molecule has 3 heterocycles. The van der Waals surface area contributed by atoms with Crippen molar-refractivity contribution in [3.63, 3.8) is 0 Å². The predicted molar refractivity (Wildman–Crippen MR) is 110 cm³/mol. The molecule has 2 atom stereocenters. The Morgan fingerprint density at radius 2 is 1.86 bits per heavy atom. The van der Waals surface area contributed by atoms with Crippen molar-refractivity contribution in [3.05, 3.63) is 50.4 Å². The maximum Gasteiger partial charge on any atom is 0.295 e. The summed E-state index contributed by atoms with van der Waals surface area (Å²) in [5.41, 5.74) is 1.44. The number of aryl methyl sites for hydroxylation is 1. The predicted octanol–water partition coefficient (Wildman–Crippen LogP) is 3.65. The minimum Gasteiger partial charge on any atom is -0.312 e. The first-order chi connectivity index (χ1) is 13.7. The largest absolute Gasteiger partial charge is 0.312 e. The highest BCUT2D eigenvalue weighted by atomic mass is 35.5. The average Bonchev–Trinajstić information content (AvgIpc) is 2.94. The quantitative estimate of drug-likeness (QED) is 0.547. The third kappa shape index (κ3) is 2.69. The van der Waals surface area contributed by atoms with Gasteiger partial charge in [-0.3, -0.25) is 24.1 Å². The van der Waals surface area contributed by atoms with Gasteiger partial charge in [-0.2, -0.15) is 0 Å². The Morgan fingerprint density at radius 1 is 1.17 bits per heavy atom. The SMILES string of the molecule is CCn1cc2c(c(Cl)c1=O)-c1cc(Cl)ccc1C1C(C(=O)C(C)C)C(=O)C(=O)N21. The number of pyridine rings is 1. The van der Waals surface area contributed by atoms with Crippen molar-refractivity contribution in [2.75, 3.05) is 4.90 Å². The van der Waals surface area contributed by atoms with Gasteiger partial charge in [0.05, 0.1) is 11.7 Å². The van der Waals surface area contributed by atoms with Crippen LogP contribution in [0, 0.1) is 11.8 Å². The molecule has 2 aliphatic rings. The standard InChI is InChI=1S/C21H18Cl2N2O4/c1-4-24-8-13-14(16(23)20(24)28)12-7-10(22)5-6-11(12)17-15(18(26)9(2)3)19(27)21(29)25(13)17/h5-9,15,17H,4H2,1-3H3. The minimum absolute atomic E-state index is 0.0507. The summed E-state index contributed by atoms with van der Waals surface area (Å²) in [6.45, 7) is 5.52. The molecule has 29 heavy (non-hydrogen) atoms. The minimum atomic E-state index is -1.11. The molecule has 2 aliphatic heterocycles. The van der Waals surface area contributed by atoms with E-state index in [2.05, 4.69) is 0 Å². The van der Waals surface area contributed by atoms with Gasteiger partial charge in [0, 0.05) is 29.2 Å². The van der Waals surface area contributed by atoms with Gasteiger partial charge in [-0.25, -0.2) is 0 Å². The third-order valence-corrected chi connectivity index (χ3v) is 6.17. The molecule has 8 heteroatoms. The fraction of sp³-hybridized carbons (Fsp3) is 0.333. The Hall–Kier alpha value is -2.44. The van der Waals surface area contributed by atoms with Crippen molar-refractivity contribution in [2.45, 2.75) is 33.4 Å². The van der Waals surface area contributed by atoms with Gasteiger partial charge < -0.3 is 4.57 Å². The van der Waals surface area contributed by atoms with Crippen LogP contribution in [0.5, 0.6) is 0 Å². The number of ketones is 2. The van der Waals surface area contributed by atoms with Gasteiger partial charge in [0.25, 0.3) is 11.5 Å². The lowest BCUT2D eigenvalue weighted by Gasteiger charge is -2.36. The first-order valence-corrected chi connectivity index (χ1v) is 10.1. The summed E-state index contributed by atoms with van der Waals surface area (Å²) in [7, 11) is 0. The molecule has 0 spiro atoms. The first kappa shape index (κ1) is 19.9. The highest BCUT2D eigenvalue weighted by Gasteiger charge is 2.55. The summed E-state index contributed by atoms with van der Waals surface area (Å²) in [5, 5.41) is 0.367. The molecule has 1 amide bonds. The number of hydrogen-bond acceptors (Lipinski definition) is 4. The lowest BCUT2D eigenvalue weighted by Crippen LogP contribution is -2.36. The highest BCUT2D eigenvalue weighted by molar-refractivity contribution is 6.49. The average molecular weight is 433 g/mol. The number of hydrogen-bond donors (Lipinski definition) is 0. The van der Waals surface area contributed by atoms with Crippen molar-refractivity contribution in [1.29, 1.82) is 0 Å². The zero-order chi connectivity index (χ0) is 21.2. The second kappa shape index (κ2) is 6.82. The molecule has 0 aliphatic carbocycles. The Labute approximate surface area is 177 Å². The Kier molecular flexibility index (Phi) is 4.67. The number of amides is 1.